The van der Waals surface area contributed by atoms with Crippen molar-refractivity contribution in [2.75, 3.05) is 12.8 Å². The Morgan fingerprint density at radius 1 is 1.38 bits per heavy atom. The molecule has 16 heavy (non-hydrogen) atoms. The van der Waals surface area contributed by atoms with Crippen molar-refractivity contribution in [1.29, 1.82) is 0 Å². The van der Waals surface area contributed by atoms with Crippen molar-refractivity contribution in [3.8, 4) is 5.75 Å². The largest absolute Gasteiger partial charge is 0.508 e. The molecule has 0 bridgehead atoms. The minimum atomic E-state index is 0.0175. The maximum Gasteiger partial charge on any atom is 0.120 e. The molecule has 0 unspecified atom stereocenters. The van der Waals surface area contributed by atoms with E-state index in [-0.39, 0.29) is 5.41 Å². The van der Waals surface area contributed by atoms with Crippen LogP contribution in [0.2, 0.25) is 0 Å². The van der Waals surface area contributed by atoms with E-state index in [1.165, 1.54) is 17.7 Å². The third-order valence-corrected chi connectivity index (χ3v) is 4.49. The molecule has 1 aromatic rings. The molecule has 0 saturated heterocycles. The lowest BCUT2D eigenvalue weighted by atomic mass is 9.78. The standard InChI is InChI=1S/C13H19NOS/c1-16-11-6-4-5-10(15)12(11)13(9-14)7-2-3-8-13/h4-6,15H,2-3,7-9,14H2,1H3. The van der Waals surface area contributed by atoms with Crippen LogP contribution >= 0.6 is 11.8 Å². The van der Waals surface area contributed by atoms with Gasteiger partial charge in [0.2, 0.25) is 0 Å². The smallest absolute Gasteiger partial charge is 0.120 e. The Kier molecular flexibility index (Phi) is 3.45. The van der Waals surface area contributed by atoms with E-state index >= 15 is 0 Å². The van der Waals surface area contributed by atoms with Gasteiger partial charge in [-0.2, -0.15) is 0 Å². The van der Waals surface area contributed by atoms with Gasteiger partial charge in [-0.3, -0.25) is 0 Å². The average molecular weight is 237 g/mol. The summed E-state index contributed by atoms with van der Waals surface area (Å²) in [6.07, 6.45) is 6.71. The van der Waals surface area contributed by atoms with Crippen LogP contribution in [0.15, 0.2) is 23.1 Å². The lowest BCUT2D eigenvalue weighted by Crippen LogP contribution is -2.32. The zero-order valence-corrected chi connectivity index (χ0v) is 10.5. The van der Waals surface area contributed by atoms with Gasteiger partial charge in [-0.05, 0) is 31.2 Å². The van der Waals surface area contributed by atoms with E-state index in [0.29, 0.717) is 12.3 Å². The molecule has 1 saturated carbocycles. The minimum absolute atomic E-state index is 0.0175. The zero-order valence-electron chi connectivity index (χ0n) is 9.70. The van der Waals surface area contributed by atoms with Gasteiger partial charge in [0.05, 0.1) is 0 Å². The molecule has 1 aromatic carbocycles. The number of phenolic OH excluding ortho intramolecular Hbond substituents is 1. The van der Waals surface area contributed by atoms with Gasteiger partial charge in [0.25, 0.3) is 0 Å². The molecule has 0 spiro atoms. The minimum Gasteiger partial charge on any atom is -0.508 e. The third kappa shape index (κ3) is 1.82. The van der Waals surface area contributed by atoms with Crippen molar-refractivity contribution < 1.29 is 5.11 Å². The van der Waals surface area contributed by atoms with Gasteiger partial charge in [-0.1, -0.05) is 18.9 Å². The molecule has 2 nitrogen and oxygen atoms in total. The number of nitrogens with two attached hydrogens (primary N) is 1. The SMILES string of the molecule is CSc1cccc(O)c1C1(CN)CCCC1. The molecule has 0 aliphatic heterocycles. The molecule has 88 valence electrons. The lowest BCUT2D eigenvalue weighted by Gasteiger charge is -2.30. The van der Waals surface area contributed by atoms with Gasteiger partial charge in [-0.15, -0.1) is 11.8 Å². The van der Waals surface area contributed by atoms with Gasteiger partial charge < -0.3 is 10.8 Å². The molecule has 1 aliphatic rings. The summed E-state index contributed by atoms with van der Waals surface area (Å²) >= 11 is 1.69. The van der Waals surface area contributed by atoms with Crippen molar-refractivity contribution in [3.63, 3.8) is 0 Å². The molecule has 3 N–H and O–H groups in total. The molecule has 3 heteroatoms. The maximum absolute atomic E-state index is 10.1. The zero-order chi connectivity index (χ0) is 11.6. The number of rotatable bonds is 3. The van der Waals surface area contributed by atoms with Gasteiger partial charge in [0.15, 0.2) is 0 Å². The second-order valence-corrected chi connectivity index (χ2v) is 5.39. The molecule has 0 aromatic heterocycles. The van der Waals surface area contributed by atoms with Crippen LogP contribution in [-0.4, -0.2) is 17.9 Å². The molecule has 0 heterocycles. The Morgan fingerprint density at radius 3 is 2.62 bits per heavy atom. The number of thioether (sulfide) groups is 1. The lowest BCUT2D eigenvalue weighted by molar-refractivity contribution is 0.398. The van der Waals surface area contributed by atoms with E-state index in [9.17, 15) is 5.11 Å². The Hall–Kier alpha value is -0.670. The van der Waals surface area contributed by atoms with E-state index in [0.717, 1.165) is 18.4 Å². The number of hydrogen-bond acceptors (Lipinski definition) is 3. The summed E-state index contributed by atoms with van der Waals surface area (Å²) in [5.74, 6) is 0.416. The van der Waals surface area contributed by atoms with Gasteiger partial charge in [0, 0.05) is 22.4 Å². The number of phenols is 1. The first-order valence-electron chi connectivity index (χ1n) is 5.80. The fraction of sp³-hybridized carbons (Fsp3) is 0.538. The highest BCUT2D eigenvalue weighted by Crippen LogP contribution is 2.47. The quantitative estimate of drug-likeness (QED) is 0.795. The van der Waals surface area contributed by atoms with Crippen LogP contribution in [0.1, 0.15) is 31.2 Å². The maximum atomic E-state index is 10.1. The van der Waals surface area contributed by atoms with Gasteiger partial charge >= 0.3 is 0 Å². The summed E-state index contributed by atoms with van der Waals surface area (Å²) in [7, 11) is 0. The van der Waals surface area contributed by atoms with E-state index in [2.05, 4.69) is 12.3 Å². The topological polar surface area (TPSA) is 46.2 Å². The van der Waals surface area contributed by atoms with Crippen molar-refractivity contribution in [3.05, 3.63) is 23.8 Å². The van der Waals surface area contributed by atoms with Crippen LogP contribution in [-0.2, 0) is 5.41 Å². The van der Waals surface area contributed by atoms with Crippen LogP contribution in [0.25, 0.3) is 0 Å². The highest BCUT2D eigenvalue weighted by atomic mass is 32.2. The molecule has 0 atom stereocenters. The molecule has 1 fully saturated rings. The summed E-state index contributed by atoms with van der Waals surface area (Å²) in [5.41, 5.74) is 7.08. The average Bonchev–Trinajstić information content (AvgIpc) is 2.78. The number of aromatic hydroxyl groups is 1. The Labute approximate surface area is 101 Å². The van der Waals surface area contributed by atoms with Crippen LogP contribution in [0.3, 0.4) is 0 Å². The van der Waals surface area contributed by atoms with Crippen LogP contribution < -0.4 is 5.73 Å². The van der Waals surface area contributed by atoms with Gasteiger partial charge in [-0.25, -0.2) is 0 Å². The second-order valence-electron chi connectivity index (χ2n) is 4.55. The Balaban J connectivity index is 2.52. The molecule has 0 amide bonds. The molecular formula is C13H19NOS. The fourth-order valence-corrected chi connectivity index (χ4v) is 3.57. The first-order chi connectivity index (χ1) is 7.73. The van der Waals surface area contributed by atoms with Crippen molar-refractivity contribution in [2.24, 2.45) is 5.73 Å². The predicted molar refractivity (Wildman–Crippen MR) is 69.1 cm³/mol. The van der Waals surface area contributed by atoms with E-state index in [4.69, 9.17) is 5.73 Å². The third-order valence-electron chi connectivity index (χ3n) is 3.71. The van der Waals surface area contributed by atoms with Crippen molar-refractivity contribution in [1.82, 2.24) is 0 Å². The number of benzene rings is 1. The Morgan fingerprint density at radius 2 is 2.06 bits per heavy atom. The summed E-state index contributed by atoms with van der Waals surface area (Å²) in [6.45, 7) is 0.637. The monoisotopic (exact) mass is 237 g/mol. The molecule has 2 rings (SSSR count). The summed E-state index contributed by atoms with van der Waals surface area (Å²) < 4.78 is 0. The summed E-state index contributed by atoms with van der Waals surface area (Å²) in [6, 6.07) is 5.77. The fourth-order valence-electron chi connectivity index (χ4n) is 2.83. The highest BCUT2D eigenvalue weighted by Gasteiger charge is 2.37. The van der Waals surface area contributed by atoms with Crippen LogP contribution in [0.4, 0.5) is 0 Å². The molecule has 0 radical (unpaired) electrons. The summed E-state index contributed by atoms with van der Waals surface area (Å²) in [4.78, 5) is 1.17. The van der Waals surface area contributed by atoms with Gasteiger partial charge in [0.1, 0.15) is 5.75 Å². The highest BCUT2D eigenvalue weighted by molar-refractivity contribution is 7.98. The number of hydrogen-bond donors (Lipinski definition) is 2. The Bertz CT molecular complexity index is 372. The normalized spacial score (nSPS) is 18.9. The van der Waals surface area contributed by atoms with E-state index in [1.807, 2.05) is 6.07 Å². The first kappa shape index (κ1) is 11.8. The first-order valence-corrected chi connectivity index (χ1v) is 7.02. The molecular weight excluding hydrogens is 218 g/mol. The van der Waals surface area contributed by atoms with Crippen LogP contribution in [0, 0.1) is 0 Å². The predicted octanol–water partition coefficient (Wildman–Crippen LogP) is 2.88. The second kappa shape index (κ2) is 4.68. The van der Waals surface area contributed by atoms with Crippen molar-refractivity contribution in [2.45, 2.75) is 36.0 Å². The van der Waals surface area contributed by atoms with E-state index < -0.39 is 0 Å². The van der Waals surface area contributed by atoms with Crippen molar-refractivity contribution >= 4 is 11.8 Å². The van der Waals surface area contributed by atoms with E-state index in [1.54, 1.807) is 17.8 Å². The molecule has 1 aliphatic carbocycles. The van der Waals surface area contributed by atoms with Crippen LogP contribution in [0.5, 0.6) is 5.75 Å². The summed E-state index contributed by atoms with van der Waals surface area (Å²) in [5, 5.41) is 10.1.